The number of methoxy groups -OCH3 is 1. The zero-order chi connectivity index (χ0) is 25.2. The Labute approximate surface area is 207 Å². The molecule has 2 aliphatic heterocycles. The minimum atomic E-state index is -0.703. The van der Waals surface area contributed by atoms with E-state index < -0.39 is 11.6 Å². The summed E-state index contributed by atoms with van der Waals surface area (Å²) < 4.78 is 38.3. The molecular formula is C26H27F2N5O3. The van der Waals surface area contributed by atoms with Gasteiger partial charge in [-0.15, -0.1) is 0 Å². The molecule has 188 valence electrons. The predicted molar refractivity (Wildman–Crippen MR) is 129 cm³/mol. The SMILES string of the molecule is COc1ccc(-c2nc3c(nc2N2CCC(Oc4ccc(F)cc4F)CC2)CCN(C(C)=O)C3)nc1. The van der Waals surface area contributed by atoms with Crippen molar-refractivity contribution in [1.82, 2.24) is 19.9 Å². The van der Waals surface area contributed by atoms with Crippen LogP contribution in [0, 0.1) is 11.6 Å². The van der Waals surface area contributed by atoms with E-state index in [0.29, 0.717) is 62.6 Å². The van der Waals surface area contributed by atoms with Gasteiger partial charge in [-0.25, -0.2) is 18.7 Å². The van der Waals surface area contributed by atoms with Crippen LogP contribution < -0.4 is 14.4 Å². The van der Waals surface area contributed by atoms with Gasteiger partial charge < -0.3 is 19.3 Å². The summed E-state index contributed by atoms with van der Waals surface area (Å²) in [5.41, 5.74) is 2.96. The van der Waals surface area contributed by atoms with Gasteiger partial charge in [0.2, 0.25) is 5.91 Å². The number of fused-ring (bicyclic) bond motifs is 1. The van der Waals surface area contributed by atoms with Gasteiger partial charge in [0.15, 0.2) is 17.4 Å². The topological polar surface area (TPSA) is 80.7 Å². The second-order valence-corrected chi connectivity index (χ2v) is 8.94. The predicted octanol–water partition coefficient (Wildman–Crippen LogP) is 3.78. The van der Waals surface area contributed by atoms with E-state index in [1.54, 1.807) is 25.1 Å². The van der Waals surface area contributed by atoms with Crippen LogP contribution in [0.4, 0.5) is 14.6 Å². The van der Waals surface area contributed by atoms with Crippen molar-refractivity contribution in [2.45, 2.75) is 38.8 Å². The molecule has 1 aromatic carbocycles. The number of piperidine rings is 1. The van der Waals surface area contributed by atoms with Gasteiger partial charge in [0.25, 0.3) is 0 Å². The van der Waals surface area contributed by atoms with Crippen LogP contribution in [-0.4, -0.2) is 58.6 Å². The smallest absolute Gasteiger partial charge is 0.219 e. The van der Waals surface area contributed by atoms with E-state index in [2.05, 4.69) is 9.88 Å². The normalized spacial score (nSPS) is 16.0. The van der Waals surface area contributed by atoms with Crippen molar-refractivity contribution < 1.29 is 23.0 Å². The summed E-state index contributed by atoms with van der Waals surface area (Å²) in [5, 5.41) is 0. The number of hydrogen-bond donors (Lipinski definition) is 0. The van der Waals surface area contributed by atoms with Crippen molar-refractivity contribution in [3.63, 3.8) is 0 Å². The van der Waals surface area contributed by atoms with Gasteiger partial charge in [-0.1, -0.05) is 0 Å². The van der Waals surface area contributed by atoms with Gasteiger partial charge >= 0.3 is 0 Å². The first-order valence-corrected chi connectivity index (χ1v) is 11.9. The van der Waals surface area contributed by atoms with E-state index in [4.69, 9.17) is 19.4 Å². The zero-order valence-electron chi connectivity index (χ0n) is 20.2. The Bertz CT molecular complexity index is 1260. The fourth-order valence-corrected chi connectivity index (χ4v) is 4.56. The number of halogens is 2. The molecule has 2 aliphatic rings. The number of carbonyl (C=O) groups is 1. The van der Waals surface area contributed by atoms with Gasteiger partial charge in [0.05, 0.1) is 36.9 Å². The molecule has 0 saturated carbocycles. The minimum Gasteiger partial charge on any atom is -0.495 e. The molecule has 0 N–H and O–H groups in total. The van der Waals surface area contributed by atoms with E-state index in [1.807, 2.05) is 12.1 Å². The Kier molecular flexibility index (Phi) is 6.67. The average Bonchev–Trinajstić information content (AvgIpc) is 2.89. The third kappa shape index (κ3) is 4.93. The Morgan fingerprint density at radius 2 is 1.86 bits per heavy atom. The summed E-state index contributed by atoms with van der Waals surface area (Å²) in [6, 6.07) is 7.01. The molecule has 5 rings (SSSR count). The molecule has 0 radical (unpaired) electrons. The van der Waals surface area contributed by atoms with Crippen LogP contribution >= 0.6 is 0 Å². The number of pyridine rings is 1. The van der Waals surface area contributed by atoms with Crippen LogP contribution in [-0.2, 0) is 17.8 Å². The lowest BCUT2D eigenvalue weighted by Crippen LogP contribution is -2.40. The van der Waals surface area contributed by atoms with E-state index in [1.165, 1.54) is 12.1 Å². The number of benzene rings is 1. The van der Waals surface area contributed by atoms with Crippen molar-refractivity contribution in [3.05, 3.63) is 59.6 Å². The van der Waals surface area contributed by atoms with E-state index >= 15 is 0 Å². The summed E-state index contributed by atoms with van der Waals surface area (Å²) in [4.78, 5) is 30.3. The quantitative estimate of drug-likeness (QED) is 0.533. The monoisotopic (exact) mass is 495 g/mol. The van der Waals surface area contributed by atoms with Gasteiger partial charge in [-0.2, -0.15) is 0 Å². The first kappa shape index (κ1) is 23.9. The highest BCUT2D eigenvalue weighted by atomic mass is 19.1. The molecule has 10 heteroatoms. The number of carbonyl (C=O) groups excluding carboxylic acids is 1. The molecule has 1 saturated heterocycles. The number of amides is 1. The molecule has 3 aromatic rings. The van der Waals surface area contributed by atoms with Crippen LogP contribution in [0.2, 0.25) is 0 Å². The number of ether oxygens (including phenoxy) is 2. The van der Waals surface area contributed by atoms with Crippen molar-refractivity contribution in [1.29, 1.82) is 0 Å². The molecule has 0 spiro atoms. The summed E-state index contributed by atoms with van der Waals surface area (Å²) >= 11 is 0. The van der Waals surface area contributed by atoms with Gasteiger partial charge in [-0.05, 0) is 24.3 Å². The van der Waals surface area contributed by atoms with Crippen molar-refractivity contribution in [2.75, 3.05) is 31.6 Å². The third-order valence-corrected chi connectivity index (χ3v) is 6.58. The summed E-state index contributed by atoms with van der Waals surface area (Å²) in [5.74, 6) is 0.100. The maximum absolute atomic E-state index is 14.0. The highest BCUT2D eigenvalue weighted by Crippen LogP contribution is 2.32. The van der Waals surface area contributed by atoms with Crippen molar-refractivity contribution in [3.8, 4) is 22.9 Å². The van der Waals surface area contributed by atoms with Gasteiger partial charge in [0, 0.05) is 51.9 Å². The summed E-state index contributed by atoms with van der Waals surface area (Å²) in [7, 11) is 1.58. The number of anilines is 1. The first-order chi connectivity index (χ1) is 17.4. The molecule has 0 aliphatic carbocycles. The van der Waals surface area contributed by atoms with Crippen LogP contribution in [0.1, 0.15) is 31.2 Å². The number of rotatable bonds is 5. The fourth-order valence-electron chi connectivity index (χ4n) is 4.56. The van der Waals surface area contributed by atoms with Crippen LogP contribution in [0.25, 0.3) is 11.4 Å². The number of nitrogens with zero attached hydrogens (tertiary/aromatic N) is 5. The highest BCUT2D eigenvalue weighted by molar-refractivity contribution is 5.74. The lowest BCUT2D eigenvalue weighted by Gasteiger charge is -2.35. The lowest BCUT2D eigenvalue weighted by atomic mass is 10.1. The van der Waals surface area contributed by atoms with Crippen LogP contribution in [0.15, 0.2) is 36.5 Å². The van der Waals surface area contributed by atoms with E-state index in [0.717, 1.165) is 23.3 Å². The Morgan fingerprint density at radius 1 is 1.06 bits per heavy atom. The van der Waals surface area contributed by atoms with Crippen LogP contribution in [0.5, 0.6) is 11.5 Å². The Hall–Kier alpha value is -3.82. The number of hydrogen-bond acceptors (Lipinski definition) is 7. The van der Waals surface area contributed by atoms with Gasteiger partial charge in [-0.3, -0.25) is 9.78 Å². The molecule has 1 amide bonds. The second-order valence-electron chi connectivity index (χ2n) is 8.94. The van der Waals surface area contributed by atoms with Crippen molar-refractivity contribution >= 4 is 11.7 Å². The molecule has 2 aromatic heterocycles. The maximum Gasteiger partial charge on any atom is 0.219 e. The second kappa shape index (κ2) is 10.0. The standard InChI is InChI=1S/C26H27F2N5O3/c1-16(34)33-12-9-21-23(15-33)30-25(22-5-4-19(35-2)14-29-22)26(31-21)32-10-7-18(8-11-32)36-24-6-3-17(27)13-20(24)28/h3-6,13-14,18H,7-12,15H2,1-2H3. The highest BCUT2D eigenvalue weighted by Gasteiger charge is 2.29. The molecule has 36 heavy (non-hydrogen) atoms. The fraction of sp³-hybridized carbons (Fsp3) is 0.385. The average molecular weight is 496 g/mol. The summed E-state index contributed by atoms with van der Waals surface area (Å²) in [6.07, 6.45) is 3.36. The van der Waals surface area contributed by atoms with Crippen molar-refractivity contribution in [2.24, 2.45) is 0 Å². The van der Waals surface area contributed by atoms with E-state index in [9.17, 15) is 13.6 Å². The molecule has 1 fully saturated rings. The molecular weight excluding hydrogens is 468 g/mol. The Balaban J connectivity index is 1.40. The van der Waals surface area contributed by atoms with Gasteiger partial charge in [0.1, 0.15) is 23.4 Å². The number of aromatic nitrogens is 3. The maximum atomic E-state index is 14.0. The Morgan fingerprint density at radius 3 is 2.53 bits per heavy atom. The zero-order valence-corrected chi connectivity index (χ0v) is 20.2. The summed E-state index contributed by atoms with van der Waals surface area (Å²) in [6.45, 7) is 3.84. The molecule has 0 atom stereocenters. The molecule has 0 bridgehead atoms. The molecule has 8 nitrogen and oxygen atoms in total. The van der Waals surface area contributed by atoms with E-state index in [-0.39, 0.29) is 17.8 Å². The minimum absolute atomic E-state index is 0.00955. The first-order valence-electron chi connectivity index (χ1n) is 11.9. The largest absolute Gasteiger partial charge is 0.495 e. The lowest BCUT2D eigenvalue weighted by molar-refractivity contribution is -0.129. The molecule has 0 unspecified atom stereocenters. The van der Waals surface area contributed by atoms with Crippen LogP contribution in [0.3, 0.4) is 0 Å². The third-order valence-electron chi connectivity index (χ3n) is 6.58. The molecule has 4 heterocycles.